The molecule has 0 spiro atoms. The number of nitrogen functional groups attached to an aromatic ring is 1. The molecule has 0 aliphatic rings. The molecule has 1 aromatic heterocycles. The van der Waals surface area contributed by atoms with Gasteiger partial charge in [-0.3, -0.25) is 4.79 Å². The summed E-state index contributed by atoms with van der Waals surface area (Å²) in [4.78, 5) is 16.1. The van der Waals surface area contributed by atoms with Gasteiger partial charge in [0.15, 0.2) is 0 Å². The van der Waals surface area contributed by atoms with E-state index in [0.29, 0.717) is 10.6 Å². The van der Waals surface area contributed by atoms with Crippen molar-refractivity contribution < 1.29 is 4.79 Å². The highest BCUT2D eigenvalue weighted by Gasteiger charge is 2.25. The predicted molar refractivity (Wildman–Crippen MR) is 105 cm³/mol. The van der Waals surface area contributed by atoms with Crippen molar-refractivity contribution >= 4 is 33.8 Å². The van der Waals surface area contributed by atoms with E-state index in [0.717, 1.165) is 52.5 Å². The van der Waals surface area contributed by atoms with Gasteiger partial charge in [-0.05, 0) is 49.9 Å². The largest absolute Gasteiger partial charge is 0.390 e. The Morgan fingerprint density at radius 1 is 1.21 bits per heavy atom. The lowest BCUT2D eigenvalue weighted by Gasteiger charge is -2.22. The minimum atomic E-state index is 0.0307. The summed E-state index contributed by atoms with van der Waals surface area (Å²) in [6.45, 7) is 9.66. The van der Waals surface area contributed by atoms with E-state index in [2.05, 4.69) is 13.8 Å². The van der Waals surface area contributed by atoms with Crippen LogP contribution in [0.1, 0.15) is 47.5 Å². The molecule has 0 unspecified atom stereocenters. The third-order valence-corrected chi connectivity index (χ3v) is 5.40. The van der Waals surface area contributed by atoms with Crippen LogP contribution in [-0.4, -0.2) is 23.9 Å². The van der Waals surface area contributed by atoms with E-state index in [1.807, 2.05) is 36.9 Å². The topological polar surface area (TPSA) is 46.3 Å². The first-order valence-corrected chi connectivity index (χ1v) is 9.54. The van der Waals surface area contributed by atoms with E-state index in [4.69, 9.17) is 17.3 Å². The SMILES string of the molecule is CCCN(CCC)C(=O)c1c(N)sc(C)c1-c1ccc(Cl)c(C)c1. The average Bonchev–Trinajstić information content (AvgIpc) is 2.83. The lowest BCUT2D eigenvalue weighted by atomic mass is 9.99. The monoisotopic (exact) mass is 364 g/mol. The van der Waals surface area contributed by atoms with E-state index in [-0.39, 0.29) is 5.91 Å². The van der Waals surface area contributed by atoms with Crippen LogP contribution in [0.4, 0.5) is 5.00 Å². The Morgan fingerprint density at radius 2 is 1.83 bits per heavy atom. The van der Waals surface area contributed by atoms with Gasteiger partial charge < -0.3 is 10.6 Å². The fourth-order valence-electron chi connectivity index (χ4n) is 2.94. The Labute approximate surface area is 153 Å². The third kappa shape index (κ3) is 3.76. The molecule has 1 amide bonds. The zero-order valence-electron chi connectivity index (χ0n) is 14.8. The quantitative estimate of drug-likeness (QED) is 0.732. The summed E-state index contributed by atoms with van der Waals surface area (Å²) in [5.41, 5.74) is 9.80. The Balaban J connectivity index is 2.54. The fraction of sp³-hybridized carbons (Fsp3) is 0.421. The summed E-state index contributed by atoms with van der Waals surface area (Å²) in [7, 11) is 0. The van der Waals surface area contributed by atoms with Gasteiger partial charge in [-0.25, -0.2) is 0 Å². The number of halogens is 1. The molecule has 2 rings (SSSR count). The van der Waals surface area contributed by atoms with E-state index in [9.17, 15) is 4.79 Å². The number of anilines is 1. The molecule has 130 valence electrons. The molecule has 0 atom stereocenters. The van der Waals surface area contributed by atoms with Crippen molar-refractivity contribution in [3.63, 3.8) is 0 Å². The Morgan fingerprint density at radius 3 is 2.38 bits per heavy atom. The van der Waals surface area contributed by atoms with Crippen LogP contribution in [0.3, 0.4) is 0 Å². The minimum absolute atomic E-state index is 0.0307. The molecule has 2 aromatic rings. The zero-order valence-corrected chi connectivity index (χ0v) is 16.4. The van der Waals surface area contributed by atoms with Gasteiger partial charge in [0.2, 0.25) is 0 Å². The number of carbonyl (C=O) groups is 1. The molecule has 1 aromatic carbocycles. The van der Waals surface area contributed by atoms with Crippen molar-refractivity contribution in [2.45, 2.75) is 40.5 Å². The van der Waals surface area contributed by atoms with Gasteiger partial charge >= 0.3 is 0 Å². The van der Waals surface area contributed by atoms with Crippen LogP contribution in [0.15, 0.2) is 18.2 Å². The molecule has 2 N–H and O–H groups in total. The number of rotatable bonds is 6. The minimum Gasteiger partial charge on any atom is -0.390 e. The number of thiophene rings is 1. The molecule has 1 heterocycles. The molecular formula is C19H25ClN2OS. The van der Waals surface area contributed by atoms with Gasteiger partial charge in [-0.1, -0.05) is 31.5 Å². The highest BCUT2D eigenvalue weighted by atomic mass is 35.5. The second-order valence-corrected chi connectivity index (χ2v) is 7.69. The first-order valence-electron chi connectivity index (χ1n) is 8.35. The Hall–Kier alpha value is -1.52. The maximum Gasteiger partial charge on any atom is 0.257 e. The maximum atomic E-state index is 13.1. The second-order valence-electron chi connectivity index (χ2n) is 6.03. The van der Waals surface area contributed by atoms with E-state index < -0.39 is 0 Å². The molecule has 24 heavy (non-hydrogen) atoms. The Kier molecular flexibility index (Phi) is 6.30. The maximum absolute atomic E-state index is 13.1. The van der Waals surface area contributed by atoms with Crippen molar-refractivity contribution in [1.29, 1.82) is 0 Å². The van der Waals surface area contributed by atoms with Crippen LogP contribution < -0.4 is 5.73 Å². The summed E-state index contributed by atoms with van der Waals surface area (Å²) in [5.74, 6) is 0.0307. The summed E-state index contributed by atoms with van der Waals surface area (Å²) in [6, 6.07) is 5.87. The standard InChI is InChI=1S/C19H25ClN2OS/c1-5-9-22(10-6-2)19(23)17-16(13(4)24-18(17)21)14-7-8-15(20)12(3)11-14/h7-8,11H,5-6,9-10,21H2,1-4H3. The molecule has 0 fully saturated rings. The van der Waals surface area contributed by atoms with Gasteiger partial charge in [-0.15, -0.1) is 11.3 Å². The number of amides is 1. The second kappa shape index (κ2) is 8.04. The molecule has 5 heteroatoms. The first-order chi connectivity index (χ1) is 11.4. The molecule has 0 aliphatic carbocycles. The number of benzene rings is 1. The number of nitrogens with two attached hydrogens (primary N) is 1. The van der Waals surface area contributed by atoms with Crippen LogP contribution in [0.25, 0.3) is 11.1 Å². The summed E-state index contributed by atoms with van der Waals surface area (Å²) in [5, 5.41) is 1.32. The van der Waals surface area contributed by atoms with Gasteiger partial charge in [-0.2, -0.15) is 0 Å². The highest BCUT2D eigenvalue weighted by molar-refractivity contribution is 7.16. The van der Waals surface area contributed by atoms with Crippen molar-refractivity contribution in [2.24, 2.45) is 0 Å². The number of carbonyl (C=O) groups excluding carboxylic acids is 1. The number of hydrogen-bond donors (Lipinski definition) is 1. The van der Waals surface area contributed by atoms with Crippen LogP contribution in [0.2, 0.25) is 5.02 Å². The molecule has 0 aliphatic heterocycles. The van der Waals surface area contributed by atoms with E-state index in [1.165, 1.54) is 11.3 Å². The molecule has 0 saturated carbocycles. The molecule has 0 saturated heterocycles. The summed E-state index contributed by atoms with van der Waals surface area (Å²) in [6.07, 6.45) is 1.87. The van der Waals surface area contributed by atoms with Crippen LogP contribution in [0, 0.1) is 13.8 Å². The van der Waals surface area contributed by atoms with Crippen molar-refractivity contribution in [1.82, 2.24) is 4.90 Å². The molecule has 0 radical (unpaired) electrons. The lowest BCUT2D eigenvalue weighted by molar-refractivity contribution is 0.0758. The molecule has 0 bridgehead atoms. The van der Waals surface area contributed by atoms with Crippen LogP contribution >= 0.6 is 22.9 Å². The smallest absolute Gasteiger partial charge is 0.257 e. The van der Waals surface area contributed by atoms with Gasteiger partial charge in [0, 0.05) is 28.6 Å². The number of aryl methyl sites for hydroxylation is 2. The fourth-order valence-corrected chi connectivity index (χ4v) is 4.00. The summed E-state index contributed by atoms with van der Waals surface area (Å²) < 4.78 is 0. The predicted octanol–water partition coefficient (Wildman–Crippen LogP) is 5.53. The summed E-state index contributed by atoms with van der Waals surface area (Å²) >= 11 is 7.63. The van der Waals surface area contributed by atoms with Crippen LogP contribution in [0.5, 0.6) is 0 Å². The van der Waals surface area contributed by atoms with E-state index >= 15 is 0 Å². The number of hydrogen-bond acceptors (Lipinski definition) is 3. The third-order valence-electron chi connectivity index (χ3n) is 4.05. The van der Waals surface area contributed by atoms with Gasteiger partial charge in [0.05, 0.1) is 10.6 Å². The van der Waals surface area contributed by atoms with E-state index in [1.54, 1.807) is 0 Å². The van der Waals surface area contributed by atoms with Crippen molar-refractivity contribution in [2.75, 3.05) is 18.8 Å². The molecule has 3 nitrogen and oxygen atoms in total. The lowest BCUT2D eigenvalue weighted by Crippen LogP contribution is -2.33. The first kappa shape index (κ1) is 18.8. The van der Waals surface area contributed by atoms with Crippen LogP contribution in [-0.2, 0) is 0 Å². The van der Waals surface area contributed by atoms with Gasteiger partial charge in [0.1, 0.15) is 0 Å². The normalized spacial score (nSPS) is 10.9. The van der Waals surface area contributed by atoms with Gasteiger partial charge in [0.25, 0.3) is 5.91 Å². The van der Waals surface area contributed by atoms with Crippen molar-refractivity contribution in [3.8, 4) is 11.1 Å². The molecular weight excluding hydrogens is 340 g/mol. The highest BCUT2D eigenvalue weighted by Crippen LogP contribution is 2.39. The Bertz CT molecular complexity index is 733. The number of nitrogens with zero attached hydrogens (tertiary/aromatic N) is 1. The average molecular weight is 365 g/mol. The van der Waals surface area contributed by atoms with Crippen molar-refractivity contribution in [3.05, 3.63) is 39.2 Å². The zero-order chi connectivity index (χ0) is 17.9.